The number of aliphatic hydroxyl groups is 2. The van der Waals surface area contributed by atoms with Crippen molar-refractivity contribution in [2.75, 3.05) is 6.61 Å². The minimum absolute atomic E-state index is 0.0601. The van der Waals surface area contributed by atoms with E-state index in [1.165, 1.54) is 0 Å². The van der Waals surface area contributed by atoms with Gasteiger partial charge in [-0.1, -0.05) is 27.2 Å². The molecule has 0 heterocycles. The van der Waals surface area contributed by atoms with Crippen LogP contribution in [0.2, 0.25) is 0 Å². The van der Waals surface area contributed by atoms with E-state index in [4.69, 9.17) is 5.11 Å². The van der Waals surface area contributed by atoms with Crippen molar-refractivity contribution in [1.29, 1.82) is 0 Å². The minimum atomic E-state index is -0.338. The van der Waals surface area contributed by atoms with Gasteiger partial charge in [0.2, 0.25) is 0 Å². The Labute approximate surface area is 69.2 Å². The van der Waals surface area contributed by atoms with Crippen LogP contribution in [0.25, 0.3) is 0 Å². The van der Waals surface area contributed by atoms with Gasteiger partial charge in [-0.3, -0.25) is 0 Å². The van der Waals surface area contributed by atoms with Crippen LogP contribution in [0.3, 0.4) is 0 Å². The zero-order valence-electron chi connectivity index (χ0n) is 7.75. The Morgan fingerprint density at radius 2 is 1.73 bits per heavy atom. The smallest absolute Gasteiger partial charge is 0.0615 e. The van der Waals surface area contributed by atoms with Crippen molar-refractivity contribution < 1.29 is 10.2 Å². The Bertz CT molecular complexity index is 89.6. The predicted octanol–water partition coefficient (Wildman–Crippen LogP) is 1.41. The summed E-state index contributed by atoms with van der Waals surface area (Å²) in [6.45, 7) is 6.16. The molecule has 0 aromatic carbocycles. The molecule has 0 saturated heterocycles. The summed E-state index contributed by atoms with van der Waals surface area (Å²) < 4.78 is 0. The summed E-state index contributed by atoms with van der Waals surface area (Å²) in [6.07, 6.45) is 1.48. The molecule has 3 atom stereocenters. The fourth-order valence-electron chi connectivity index (χ4n) is 1.18. The van der Waals surface area contributed by atoms with Gasteiger partial charge in [-0.2, -0.15) is 0 Å². The number of rotatable bonds is 5. The molecule has 2 heteroatoms. The summed E-state index contributed by atoms with van der Waals surface area (Å²) in [4.78, 5) is 0. The minimum Gasteiger partial charge on any atom is -0.396 e. The third-order valence-electron chi connectivity index (χ3n) is 2.47. The van der Waals surface area contributed by atoms with Gasteiger partial charge in [0.25, 0.3) is 0 Å². The lowest BCUT2D eigenvalue weighted by molar-refractivity contribution is 0.0253. The Kier molecular flexibility index (Phi) is 5.51. The third-order valence-corrected chi connectivity index (χ3v) is 2.47. The lowest BCUT2D eigenvalue weighted by Gasteiger charge is -2.24. The van der Waals surface area contributed by atoms with Crippen molar-refractivity contribution in [3.63, 3.8) is 0 Å². The van der Waals surface area contributed by atoms with Gasteiger partial charge >= 0.3 is 0 Å². The van der Waals surface area contributed by atoms with Crippen LogP contribution in [0, 0.1) is 11.8 Å². The summed E-state index contributed by atoms with van der Waals surface area (Å²) in [5.41, 5.74) is 0. The second kappa shape index (κ2) is 5.56. The molecule has 0 aromatic rings. The van der Waals surface area contributed by atoms with E-state index >= 15 is 0 Å². The largest absolute Gasteiger partial charge is 0.396 e. The molecule has 0 aliphatic carbocycles. The van der Waals surface area contributed by atoms with E-state index in [2.05, 4.69) is 6.92 Å². The molecule has 11 heavy (non-hydrogen) atoms. The first kappa shape index (κ1) is 10.9. The Hall–Kier alpha value is -0.0800. The molecule has 0 fully saturated rings. The van der Waals surface area contributed by atoms with Crippen molar-refractivity contribution in [3.8, 4) is 0 Å². The molecular formula is C9H20O2. The standard InChI is InChI=1S/C9H20O2/c1-4-7(3)9(11)8(5-2)6-10/h7-11H,4-6H2,1-3H3. The zero-order valence-corrected chi connectivity index (χ0v) is 7.75. The van der Waals surface area contributed by atoms with Gasteiger partial charge < -0.3 is 10.2 Å². The van der Waals surface area contributed by atoms with Gasteiger partial charge in [-0.05, 0) is 12.3 Å². The average molecular weight is 160 g/mol. The Morgan fingerprint density at radius 3 is 2.00 bits per heavy atom. The normalized spacial score (nSPS) is 19.4. The second-order valence-corrected chi connectivity index (χ2v) is 3.23. The molecule has 0 saturated carbocycles. The summed E-state index contributed by atoms with van der Waals surface area (Å²) in [5.74, 6) is 0.358. The highest BCUT2D eigenvalue weighted by atomic mass is 16.3. The maximum absolute atomic E-state index is 9.62. The molecule has 0 rings (SSSR count). The van der Waals surface area contributed by atoms with Crippen LogP contribution in [0.15, 0.2) is 0 Å². The van der Waals surface area contributed by atoms with E-state index in [9.17, 15) is 5.11 Å². The van der Waals surface area contributed by atoms with Gasteiger partial charge in [0.15, 0.2) is 0 Å². The van der Waals surface area contributed by atoms with Crippen molar-refractivity contribution in [1.82, 2.24) is 0 Å². The predicted molar refractivity (Wildman–Crippen MR) is 46.3 cm³/mol. The molecule has 2 nitrogen and oxygen atoms in total. The second-order valence-electron chi connectivity index (χ2n) is 3.23. The summed E-state index contributed by atoms with van der Waals surface area (Å²) in [5, 5.41) is 18.5. The third kappa shape index (κ3) is 3.21. The van der Waals surface area contributed by atoms with Crippen LogP contribution in [-0.4, -0.2) is 22.9 Å². The Balaban J connectivity index is 3.86. The van der Waals surface area contributed by atoms with Crippen molar-refractivity contribution >= 4 is 0 Å². The van der Waals surface area contributed by atoms with Crippen LogP contribution in [0.5, 0.6) is 0 Å². The first-order valence-electron chi connectivity index (χ1n) is 4.46. The molecule has 0 aromatic heterocycles. The first-order chi connectivity index (χ1) is 5.17. The lowest BCUT2D eigenvalue weighted by atomic mass is 9.89. The van der Waals surface area contributed by atoms with Crippen LogP contribution in [0.1, 0.15) is 33.6 Å². The zero-order chi connectivity index (χ0) is 8.85. The number of hydrogen-bond donors (Lipinski definition) is 2. The van der Waals surface area contributed by atoms with E-state index < -0.39 is 0 Å². The van der Waals surface area contributed by atoms with Crippen molar-refractivity contribution in [2.24, 2.45) is 11.8 Å². The maximum Gasteiger partial charge on any atom is 0.0615 e. The van der Waals surface area contributed by atoms with Crippen LogP contribution in [0.4, 0.5) is 0 Å². The number of hydrogen-bond acceptors (Lipinski definition) is 2. The first-order valence-corrected chi connectivity index (χ1v) is 4.46. The van der Waals surface area contributed by atoms with Gasteiger partial charge in [0, 0.05) is 12.5 Å². The summed E-state index contributed by atoms with van der Waals surface area (Å²) in [6, 6.07) is 0. The molecule has 3 unspecified atom stereocenters. The topological polar surface area (TPSA) is 40.5 Å². The molecule has 0 spiro atoms. The fraction of sp³-hybridized carbons (Fsp3) is 1.00. The molecule has 2 N–H and O–H groups in total. The van der Waals surface area contributed by atoms with Gasteiger partial charge in [-0.15, -0.1) is 0 Å². The van der Waals surface area contributed by atoms with E-state index in [1.54, 1.807) is 0 Å². The summed E-state index contributed by atoms with van der Waals surface area (Å²) in [7, 11) is 0. The van der Waals surface area contributed by atoms with E-state index in [0.29, 0.717) is 5.92 Å². The highest BCUT2D eigenvalue weighted by Crippen LogP contribution is 2.18. The quantitative estimate of drug-likeness (QED) is 0.638. The van der Waals surface area contributed by atoms with Crippen molar-refractivity contribution in [3.05, 3.63) is 0 Å². The summed E-state index contributed by atoms with van der Waals surface area (Å²) >= 11 is 0. The van der Waals surface area contributed by atoms with Crippen molar-refractivity contribution in [2.45, 2.75) is 39.7 Å². The molecule has 68 valence electrons. The maximum atomic E-state index is 9.62. The molecule has 0 aliphatic rings. The molecule has 0 radical (unpaired) electrons. The highest BCUT2D eigenvalue weighted by Gasteiger charge is 2.20. The average Bonchev–Trinajstić information content (AvgIpc) is 2.05. The molecule has 0 amide bonds. The van der Waals surface area contributed by atoms with Gasteiger partial charge in [-0.25, -0.2) is 0 Å². The molecule has 0 bridgehead atoms. The van der Waals surface area contributed by atoms with Gasteiger partial charge in [0.05, 0.1) is 6.10 Å². The van der Waals surface area contributed by atoms with E-state index in [0.717, 1.165) is 12.8 Å². The van der Waals surface area contributed by atoms with Crippen LogP contribution in [-0.2, 0) is 0 Å². The van der Waals surface area contributed by atoms with Crippen LogP contribution < -0.4 is 0 Å². The van der Waals surface area contributed by atoms with E-state index in [-0.39, 0.29) is 18.6 Å². The Morgan fingerprint density at radius 1 is 1.18 bits per heavy atom. The SMILES string of the molecule is CCC(C)C(O)C(CC)CO. The fourth-order valence-corrected chi connectivity index (χ4v) is 1.18. The highest BCUT2D eigenvalue weighted by molar-refractivity contribution is 4.71. The lowest BCUT2D eigenvalue weighted by Crippen LogP contribution is -2.29. The molecule has 0 aliphatic heterocycles. The molecular weight excluding hydrogens is 140 g/mol. The van der Waals surface area contributed by atoms with E-state index in [1.807, 2.05) is 13.8 Å². The van der Waals surface area contributed by atoms with Crippen LogP contribution >= 0.6 is 0 Å². The monoisotopic (exact) mass is 160 g/mol. The van der Waals surface area contributed by atoms with Gasteiger partial charge in [0.1, 0.15) is 0 Å². The number of aliphatic hydroxyl groups excluding tert-OH is 2.